The van der Waals surface area contributed by atoms with Crippen molar-refractivity contribution >= 4 is 46.7 Å². The maximum atomic E-state index is 13.9. The molecule has 1 aliphatic heterocycles. The van der Waals surface area contributed by atoms with Gasteiger partial charge in [-0.3, -0.25) is 9.59 Å². The topological polar surface area (TPSA) is 97.0 Å². The van der Waals surface area contributed by atoms with Gasteiger partial charge in [-0.05, 0) is 67.4 Å². The molecule has 4 rings (SSSR count). The normalized spacial score (nSPS) is 15.7. The van der Waals surface area contributed by atoms with Crippen molar-refractivity contribution < 1.29 is 23.9 Å². The maximum absolute atomic E-state index is 13.9. The zero-order valence-corrected chi connectivity index (χ0v) is 22.2. The van der Waals surface area contributed by atoms with Crippen molar-refractivity contribution in [3.8, 4) is 5.75 Å². The summed E-state index contributed by atoms with van der Waals surface area (Å²) in [6, 6.07) is 15.8. The van der Waals surface area contributed by atoms with Crippen molar-refractivity contribution in [3.63, 3.8) is 0 Å². The molecule has 0 aromatic heterocycles. The third kappa shape index (κ3) is 5.70. The van der Waals surface area contributed by atoms with E-state index in [-0.39, 0.29) is 30.8 Å². The molecule has 1 heterocycles. The van der Waals surface area contributed by atoms with Gasteiger partial charge >= 0.3 is 5.97 Å². The Morgan fingerprint density at radius 3 is 2.54 bits per heavy atom. The minimum Gasteiger partial charge on any atom is -0.496 e. The summed E-state index contributed by atoms with van der Waals surface area (Å²) < 4.78 is 10.6. The van der Waals surface area contributed by atoms with Crippen LogP contribution >= 0.6 is 12.4 Å². The molecule has 0 fully saturated rings. The zero-order chi connectivity index (χ0) is 25.8. The monoisotopic (exact) mass is 525 g/mol. The number of fused-ring (bicyclic) bond motifs is 2. The quantitative estimate of drug-likeness (QED) is 0.457. The van der Waals surface area contributed by atoms with E-state index < -0.39 is 18.1 Å². The number of amides is 2. The van der Waals surface area contributed by atoms with Crippen molar-refractivity contribution in [1.82, 2.24) is 10.6 Å². The van der Waals surface area contributed by atoms with E-state index in [0.717, 1.165) is 27.6 Å². The highest BCUT2D eigenvalue weighted by Gasteiger charge is 2.33. The van der Waals surface area contributed by atoms with Gasteiger partial charge < -0.3 is 25.0 Å². The number of nitrogens with one attached hydrogen (secondary N) is 2. The van der Waals surface area contributed by atoms with Crippen molar-refractivity contribution in [1.29, 1.82) is 0 Å². The summed E-state index contributed by atoms with van der Waals surface area (Å²) in [7, 11) is 4.63. The number of hydrogen-bond donors (Lipinski definition) is 2. The number of methoxy groups -OCH3 is 2. The number of esters is 1. The summed E-state index contributed by atoms with van der Waals surface area (Å²) in [5.74, 6) is -0.265. The highest BCUT2D eigenvalue weighted by molar-refractivity contribution is 6.02. The Balaban J connectivity index is 0.00000380. The molecule has 0 radical (unpaired) electrons. The molecule has 3 aromatic rings. The molecule has 1 aliphatic rings. The van der Waals surface area contributed by atoms with Gasteiger partial charge in [0.25, 0.3) is 0 Å². The van der Waals surface area contributed by atoms with Gasteiger partial charge in [0.15, 0.2) is 0 Å². The zero-order valence-electron chi connectivity index (χ0n) is 21.4. The van der Waals surface area contributed by atoms with E-state index in [1.54, 1.807) is 38.1 Å². The Labute approximate surface area is 222 Å². The Kier molecular flexibility index (Phi) is 9.13. The van der Waals surface area contributed by atoms with E-state index in [2.05, 4.69) is 10.6 Å². The van der Waals surface area contributed by atoms with Crippen LogP contribution in [0.3, 0.4) is 0 Å². The van der Waals surface area contributed by atoms with Gasteiger partial charge in [-0.25, -0.2) is 4.79 Å². The first-order chi connectivity index (χ1) is 17.4. The van der Waals surface area contributed by atoms with Gasteiger partial charge in [0.1, 0.15) is 11.8 Å². The first-order valence-electron chi connectivity index (χ1n) is 11.9. The molecule has 0 aliphatic carbocycles. The lowest BCUT2D eigenvalue weighted by Gasteiger charge is -2.28. The molecule has 196 valence electrons. The average Bonchev–Trinajstić information content (AvgIpc) is 3.04. The van der Waals surface area contributed by atoms with Crippen LogP contribution < -0.4 is 20.3 Å². The molecular formula is C28H32ClN3O5. The Hall–Kier alpha value is -3.62. The van der Waals surface area contributed by atoms with Crippen LogP contribution in [0, 0.1) is 0 Å². The van der Waals surface area contributed by atoms with Crippen molar-refractivity contribution in [2.24, 2.45) is 0 Å². The van der Waals surface area contributed by atoms with Gasteiger partial charge in [0.05, 0.1) is 32.4 Å². The minimum atomic E-state index is -0.674. The highest BCUT2D eigenvalue weighted by Crippen LogP contribution is 2.34. The summed E-state index contributed by atoms with van der Waals surface area (Å²) in [5.41, 5.74) is 3.00. The van der Waals surface area contributed by atoms with Crippen LogP contribution in [0.4, 0.5) is 5.69 Å². The number of halogens is 1. The van der Waals surface area contributed by atoms with Gasteiger partial charge in [-0.2, -0.15) is 0 Å². The van der Waals surface area contributed by atoms with E-state index in [0.29, 0.717) is 24.2 Å². The number of carbonyl (C=O) groups excluding carboxylic acids is 3. The summed E-state index contributed by atoms with van der Waals surface area (Å²) in [4.78, 5) is 40.5. The van der Waals surface area contributed by atoms with Crippen LogP contribution in [-0.4, -0.2) is 51.1 Å². The molecule has 0 bridgehead atoms. The minimum absolute atomic E-state index is 0. The summed E-state index contributed by atoms with van der Waals surface area (Å²) in [6.07, 6.45) is 1.14. The average molecular weight is 526 g/mol. The molecule has 0 saturated carbocycles. The van der Waals surface area contributed by atoms with Crippen molar-refractivity contribution in [2.45, 2.75) is 38.4 Å². The molecule has 0 unspecified atom stereocenters. The van der Waals surface area contributed by atoms with E-state index in [4.69, 9.17) is 9.47 Å². The predicted octanol–water partition coefficient (Wildman–Crippen LogP) is 3.63. The Bertz CT molecular complexity index is 1310. The number of rotatable bonds is 7. The van der Waals surface area contributed by atoms with E-state index >= 15 is 0 Å². The van der Waals surface area contributed by atoms with Gasteiger partial charge in [-0.15, -0.1) is 12.4 Å². The lowest BCUT2D eigenvalue weighted by Crippen LogP contribution is -2.52. The van der Waals surface area contributed by atoms with Crippen molar-refractivity contribution in [3.05, 3.63) is 71.3 Å². The number of ether oxygens (including phenoxy) is 2. The fourth-order valence-electron chi connectivity index (χ4n) is 4.56. The summed E-state index contributed by atoms with van der Waals surface area (Å²) in [6.45, 7) is 1.96. The number of likely N-dealkylation sites (N-methyl/N-ethyl adjacent to an activating group) is 1. The van der Waals surface area contributed by atoms with Gasteiger partial charge in [0.2, 0.25) is 11.8 Å². The first kappa shape index (κ1) is 28.0. The summed E-state index contributed by atoms with van der Waals surface area (Å²) in [5, 5.41) is 7.53. The number of carbonyl (C=O) groups is 3. The van der Waals surface area contributed by atoms with Crippen LogP contribution in [0.15, 0.2) is 54.6 Å². The molecule has 8 nitrogen and oxygen atoms in total. The van der Waals surface area contributed by atoms with Crippen LogP contribution in [0.2, 0.25) is 0 Å². The second kappa shape index (κ2) is 12.1. The van der Waals surface area contributed by atoms with E-state index in [1.165, 1.54) is 7.11 Å². The predicted molar refractivity (Wildman–Crippen MR) is 145 cm³/mol. The number of para-hydroxylation sites is 1. The molecular weight excluding hydrogens is 494 g/mol. The number of nitrogens with zero attached hydrogens (tertiary/aromatic N) is 1. The molecule has 2 amide bonds. The third-order valence-corrected chi connectivity index (χ3v) is 6.74. The molecule has 2 N–H and O–H groups in total. The van der Waals surface area contributed by atoms with Crippen LogP contribution in [0.1, 0.15) is 34.8 Å². The SMILES string of the molecule is CN[C@@H](C)C(=O)N[C@H]1CCc2ccccc2N(Cc2c(OC)ccc3ccc(C(=O)OC)cc23)C1=O.Cl. The molecule has 0 spiro atoms. The second-order valence-corrected chi connectivity index (χ2v) is 8.84. The maximum Gasteiger partial charge on any atom is 0.337 e. The number of hydrogen-bond acceptors (Lipinski definition) is 6. The molecule has 3 aromatic carbocycles. The molecule has 2 atom stereocenters. The number of benzene rings is 3. The Morgan fingerprint density at radius 1 is 1.11 bits per heavy atom. The smallest absolute Gasteiger partial charge is 0.337 e. The fourth-order valence-corrected chi connectivity index (χ4v) is 4.56. The van der Waals surface area contributed by atoms with Crippen LogP contribution in [-0.2, 0) is 27.3 Å². The lowest BCUT2D eigenvalue weighted by atomic mass is 9.99. The summed E-state index contributed by atoms with van der Waals surface area (Å²) >= 11 is 0. The molecule has 0 saturated heterocycles. The lowest BCUT2D eigenvalue weighted by molar-refractivity contribution is -0.128. The van der Waals surface area contributed by atoms with Crippen molar-refractivity contribution in [2.75, 3.05) is 26.2 Å². The van der Waals surface area contributed by atoms with E-state index in [1.807, 2.05) is 42.5 Å². The second-order valence-electron chi connectivity index (χ2n) is 8.84. The largest absolute Gasteiger partial charge is 0.496 e. The molecule has 37 heavy (non-hydrogen) atoms. The Morgan fingerprint density at radius 2 is 1.84 bits per heavy atom. The molecule has 9 heteroatoms. The van der Waals surface area contributed by atoms with Crippen LogP contribution in [0.25, 0.3) is 10.8 Å². The first-order valence-corrected chi connectivity index (χ1v) is 11.9. The number of anilines is 1. The van der Waals surface area contributed by atoms with Crippen LogP contribution in [0.5, 0.6) is 5.75 Å². The van der Waals surface area contributed by atoms with Gasteiger partial charge in [-0.1, -0.05) is 30.3 Å². The fraction of sp³-hybridized carbons (Fsp3) is 0.321. The van der Waals surface area contributed by atoms with Gasteiger partial charge in [0, 0.05) is 11.3 Å². The van der Waals surface area contributed by atoms with E-state index in [9.17, 15) is 14.4 Å². The standard InChI is InChI=1S/C28H31N3O5.ClH/c1-17(29-2)26(32)30-23-13-11-19-7-5-6-8-24(19)31(27(23)33)16-22-21-15-20(28(34)36-4)10-9-18(21)12-14-25(22)35-3;/h5-10,12,14-15,17,23,29H,11,13,16H2,1-4H3,(H,30,32);1H/t17-,23-;/m0./s1. The third-order valence-electron chi connectivity index (χ3n) is 6.74. The number of aryl methyl sites for hydroxylation is 1. The highest BCUT2D eigenvalue weighted by atomic mass is 35.5.